The normalized spacial score (nSPS) is 10.0. The van der Waals surface area contributed by atoms with Crippen molar-refractivity contribution in [1.82, 2.24) is 4.90 Å². The van der Waals surface area contributed by atoms with Crippen LogP contribution >= 0.6 is 0 Å². The van der Waals surface area contributed by atoms with Crippen molar-refractivity contribution in [2.24, 2.45) is 0 Å². The second-order valence-corrected chi connectivity index (χ2v) is 4.28. The predicted octanol–water partition coefficient (Wildman–Crippen LogP) is 1.75. The van der Waals surface area contributed by atoms with E-state index in [-0.39, 0.29) is 6.61 Å². The van der Waals surface area contributed by atoms with Gasteiger partial charge in [0.2, 0.25) is 0 Å². The predicted molar refractivity (Wildman–Crippen MR) is 73.7 cm³/mol. The maximum absolute atomic E-state index is 8.70. The van der Waals surface area contributed by atoms with Crippen LogP contribution in [0.3, 0.4) is 0 Å². The van der Waals surface area contributed by atoms with Crippen LogP contribution in [-0.4, -0.2) is 43.9 Å². The van der Waals surface area contributed by atoms with Crippen molar-refractivity contribution in [3.05, 3.63) is 29.8 Å². The molecule has 0 atom stereocenters. The van der Waals surface area contributed by atoms with E-state index in [9.17, 15) is 0 Å². The number of para-hydroxylation sites is 1. The molecule has 0 fully saturated rings. The Morgan fingerprint density at radius 3 is 2.78 bits per heavy atom. The number of hydrogen-bond acceptors (Lipinski definition) is 3. The summed E-state index contributed by atoms with van der Waals surface area (Å²) in [7, 11) is 4.10. The Kier molecular flexibility index (Phi) is 6.93. The molecule has 0 saturated heterocycles. The van der Waals surface area contributed by atoms with Crippen molar-refractivity contribution in [2.75, 3.05) is 33.9 Å². The Labute approximate surface area is 109 Å². The molecule has 98 valence electrons. The quantitative estimate of drug-likeness (QED) is 0.614. The van der Waals surface area contributed by atoms with Gasteiger partial charge in [0.25, 0.3) is 0 Å². The molecule has 1 aromatic carbocycles. The van der Waals surface area contributed by atoms with Gasteiger partial charge in [-0.05, 0) is 32.6 Å². The maximum atomic E-state index is 8.70. The molecule has 0 radical (unpaired) electrons. The van der Waals surface area contributed by atoms with E-state index in [0.717, 1.165) is 24.3 Å². The molecule has 0 aromatic heterocycles. The van der Waals surface area contributed by atoms with Crippen LogP contribution in [0.15, 0.2) is 24.3 Å². The third-order valence-electron chi connectivity index (χ3n) is 2.35. The average Bonchev–Trinajstić information content (AvgIpc) is 2.36. The van der Waals surface area contributed by atoms with Gasteiger partial charge in [0, 0.05) is 13.0 Å². The minimum Gasteiger partial charge on any atom is -0.492 e. The van der Waals surface area contributed by atoms with Crippen LogP contribution in [0.5, 0.6) is 5.75 Å². The Bertz CT molecular complexity index is 404. The van der Waals surface area contributed by atoms with Gasteiger partial charge in [0.1, 0.15) is 5.75 Å². The minimum atomic E-state index is 0.0961. The van der Waals surface area contributed by atoms with Crippen molar-refractivity contribution in [1.29, 1.82) is 0 Å². The SMILES string of the molecule is CN(C)CCCOc1ccccc1C#CCCO. The van der Waals surface area contributed by atoms with Gasteiger partial charge in [0.05, 0.1) is 18.8 Å². The number of nitrogens with zero attached hydrogens (tertiary/aromatic N) is 1. The molecule has 0 aliphatic heterocycles. The summed E-state index contributed by atoms with van der Waals surface area (Å²) in [6, 6.07) is 7.75. The topological polar surface area (TPSA) is 32.7 Å². The van der Waals surface area contributed by atoms with Crippen molar-refractivity contribution in [3.8, 4) is 17.6 Å². The Morgan fingerprint density at radius 1 is 1.28 bits per heavy atom. The van der Waals surface area contributed by atoms with Gasteiger partial charge in [-0.3, -0.25) is 0 Å². The summed E-state index contributed by atoms with van der Waals surface area (Å²) in [6.07, 6.45) is 1.49. The van der Waals surface area contributed by atoms with Crippen molar-refractivity contribution in [2.45, 2.75) is 12.8 Å². The Morgan fingerprint density at radius 2 is 2.06 bits per heavy atom. The highest BCUT2D eigenvalue weighted by atomic mass is 16.5. The summed E-state index contributed by atoms with van der Waals surface area (Å²) < 4.78 is 5.73. The second kappa shape index (κ2) is 8.57. The number of rotatable bonds is 6. The van der Waals surface area contributed by atoms with Crippen LogP contribution in [-0.2, 0) is 0 Å². The monoisotopic (exact) mass is 247 g/mol. The van der Waals surface area contributed by atoms with E-state index < -0.39 is 0 Å². The summed E-state index contributed by atoms with van der Waals surface area (Å²) in [5, 5.41) is 8.70. The van der Waals surface area contributed by atoms with Crippen molar-refractivity contribution < 1.29 is 9.84 Å². The maximum Gasteiger partial charge on any atom is 0.134 e. The molecule has 1 rings (SSSR count). The Hall–Kier alpha value is -1.50. The fraction of sp³-hybridized carbons (Fsp3) is 0.467. The lowest BCUT2D eigenvalue weighted by Crippen LogP contribution is -2.15. The first-order valence-electron chi connectivity index (χ1n) is 6.20. The van der Waals surface area contributed by atoms with Gasteiger partial charge in [-0.1, -0.05) is 24.0 Å². The summed E-state index contributed by atoms with van der Waals surface area (Å²) in [5.74, 6) is 6.75. The number of aliphatic hydroxyl groups excluding tert-OH is 1. The lowest BCUT2D eigenvalue weighted by Gasteiger charge is -2.11. The number of aliphatic hydroxyl groups is 1. The van der Waals surface area contributed by atoms with Crippen LogP contribution in [0.2, 0.25) is 0 Å². The molecule has 0 aliphatic carbocycles. The average molecular weight is 247 g/mol. The molecular weight excluding hydrogens is 226 g/mol. The number of benzene rings is 1. The van der Waals surface area contributed by atoms with Crippen LogP contribution < -0.4 is 4.74 Å². The third-order valence-corrected chi connectivity index (χ3v) is 2.35. The first-order chi connectivity index (χ1) is 8.74. The molecule has 0 bridgehead atoms. The molecule has 1 aromatic rings. The molecule has 3 nitrogen and oxygen atoms in total. The number of hydrogen-bond donors (Lipinski definition) is 1. The van der Waals surface area contributed by atoms with E-state index in [1.165, 1.54) is 0 Å². The lowest BCUT2D eigenvalue weighted by atomic mass is 10.2. The van der Waals surface area contributed by atoms with E-state index >= 15 is 0 Å². The van der Waals surface area contributed by atoms with Crippen LogP contribution in [0.4, 0.5) is 0 Å². The van der Waals surface area contributed by atoms with Crippen molar-refractivity contribution in [3.63, 3.8) is 0 Å². The molecule has 0 heterocycles. The van der Waals surface area contributed by atoms with E-state index in [1.807, 2.05) is 38.4 Å². The second-order valence-electron chi connectivity index (χ2n) is 4.28. The lowest BCUT2D eigenvalue weighted by molar-refractivity contribution is 0.281. The van der Waals surface area contributed by atoms with E-state index in [1.54, 1.807) is 0 Å². The van der Waals surface area contributed by atoms with Crippen LogP contribution in [0.25, 0.3) is 0 Å². The van der Waals surface area contributed by atoms with Gasteiger partial charge in [-0.25, -0.2) is 0 Å². The molecule has 18 heavy (non-hydrogen) atoms. The molecule has 0 unspecified atom stereocenters. The minimum absolute atomic E-state index is 0.0961. The molecule has 3 heteroatoms. The zero-order chi connectivity index (χ0) is 13.2. The summed E-state index contributed by atoms with van der Waals surface area (Å²) >= 11 is 0. The largest absolute Gasteiger partial charge is 0.492 e. The molecular formula is C15H21NO2. The van der Waals surface area contributed by atoms with E-state index in [2.05, 4.69) is 16.7 Å². The fourth-order valence-corrected chi connectivity index (χ4v) is 1.47. The van der Waals surface area contributed by atoms with Gasteiger partial charge >= 0.3 is 0 Å². The van der Waals surface area contributed by atoms with Gasteiger partial charge < -0.3 is 14.7 Å². The molecule has 0 aliphatic rings. The highest BCUT2D eigenvalue weighted by Gasteiger charge is 1.99. The summed E-state index contributed by atoms with van der Waals surface area (Å²) in [6.45, 7) is 1.80. The zero-order valence-electron chi connectivity index (χ0n) is 11.1. The van der Waals surface area contributed by atoms with Crippen LogP contribution in [0, 0.1) is 11.8 Å². The third kappa shape index (κ3) is 5.72. The van der Waals surface area contributed by atoms with Crippen molar-refractivity contribution >= 4 is 0 Å². The highest BCUT2D eigenvalue weighted by Crippen LogP contribution is 2.16. The number of ether oxygens (including phenoxy) is 1. The molecule has 1 N–H and O–H groups in total. The fourth-order valence-electron chi connectivity index (χ4n) is 1.47. The summed E-state index contributed by atoms with van der Waals surface area (Å²) in [5.41, 5.74) is 0.885. The van der Waals surface area contributed by atoms with Gasteiger partial charge in [-0.2, -0.15) is 0 Å². The van der Waals surface area contributed by atoms with Gasteiger partial charge in [0.15, 0.2) is 0 Å². The molecule has 0 saturated carbocycles. The van der Waals surface area contributed by atoms with E-state index in [0.29, 0.717) is 13.0 Å². The zero-order valence-corrected chi connectivity index (χ0v) is 11.1. The first kappa shape index (κ1) is 14.6. The smallest absolute Gasteiger partial charge is 0.134 e. The first-order valence-corrected chi connectivity index (χ1v) is 6.20. The highest BCUT2D eigenvalue weighted by molar-refractivity contribution is 5.45. The van der Waals surface area contributed by atoms with Crippen LogP contribution in [0.1, 0.15) is 18.4 Å². The van der Waals surface area contributed by atoms with Gasteiger partial charge in [-0.15, -0.1) is 0 Å². The molecule has 0 amide bonds. The summed E-state index contributed by atoms with van der Waals surface area (Å²) in [4.78, 5) is 2.14. The Balaban J connectivity index is 2.52. The van der Waals surface area contributed by atoms with E-state index in [4.69, 9.17) is 9.84 Å². The molecule has 0 spiro atoms. The standard InChI is InChI=1S/C15H21NO2/c1-16(2)11-7-13-18-15-10-4-3-8-14(15)9-5-6-12-17/h3-4,8,10,17H,6-7,11-13H2,1-2H3.